The van der Waals surface area contributed by atoms with Crippen molar-refractivity contribution in [2.75, 3.05) is 5.32 Å². The highest BCUT2D eigenvalue weighted by molar-refractivity contribution is 5.86. The molecule has 3 nitrogen and oxygen atoms in total. The Morgan fingerprint density at radius 2 is 2.22 bits per heavy atom. The van der Waals surface area contributed by atoms with E-state index in [1.54, 1.807) is 0 Å². The smallest absolute Gasteiger partial charge is 0.227 e. The second kappa shape index (κ2) is 5.42. The van der Waals surface area contributed by atoms with Crippen molar-refractivity contribution in [2.24, 2.45) is 0 Å². The lowest BCUT2D eigenvalue weighted by Crippen LogP contribution is -2.39. The highest BCUT2D eigenvalue weighted by atomic mass is 16.1. The number of benzene rings is 1. The number of carbonyl (C=O) groups is 1. The average molecular weight is 246 g/mol. The highest BCUT2D eigenvalue weighted by Gasteiger charge is 2.29. The van der Waals surface area contributed by atoms with E-state index in [9.17, 15) is 4.79 Å². The molecular weight excluding hydrogens is 224 g/mol. The molecule has 0 saturated carbocycles. The van der Waals surface area contributed by atoms with E-state index >= 15 is 0 Å². The summed E-state index contributed by atoms with van der Waals surface area (Å²) in [5, 5.41) is 6.53. The predicted octanol–water partition coefficient (Wildman–Crippen LogP) is 2.89. The van der Waals surface area contributed by atoms with Crippen LogP contribution in [0.1, 0.15) is 45.1 Å². The van der Waals surface area contributed by atoms with Gasteiger partial charge < -0.3 is 10.6 Å². The summed E-state index contributed by atoms with van der Waals surface area (Å²) in [7, 11) is 0. The van der Waals surface area contributed by atoms with Gasteiger partial charge in [0.15, 0.2) is 0 Å². The molecule has 1 aromatic rings. The summed E-state index contributed by atoms with van der Waals surface area (Å²) in [5.74, 6) is 0.136. The maximum atomic E-state index is 12.3. The summed E-state index contributed by atoms with van der Waals surface area (Å²) >= 11 is 0. The molecule has 2 N–H and O–H groups in total. The van der Waals surface area contributed by atoms with Gasteiger partial charge >= 0.3 is 0 Å². The number of nitrogens with one attached hydrogen (secondary N) is 2. The van der Waals surface area contributed by atoms with Crippen molar-refractivity contribution in [3.63, 3.8) is 0 Å². The third kappa shape index (κ3) is 2.66. The number of hydrogen-bond acceptors (Lipinski definition) is 2. The second-order valence-corrected chi connectivity index (χ2v) is 5.24. The Morgan fingerprint density at radius 1 is 1.50 bits per heavy atom. The fraction of sp³-hybridized carbons (Fsp3) is 0.533. The van der Waals surface area contributed by atoms with E-state index in [0.717, 1.165) is 24.1 Å². The summed E-state index contributed by atoms with van der Waals surface area (Å²) in [6.45, 7) is 6.26. The third-order valence-electron chi connectivity index (χ3n) is 3.64. The van der Waals surface area contributed by atoms with Crippen LogP contribution in [0, 0.1) is 0 Å². The van der Waals surface area contributed by atoms with Crippen LogP contribution in [0.2, 0.25) is 0 Å². The SMILES string of the molecule is CC[C@H](C)NC(=O)[C@H]1C[C@H](C)Nc2ccccc21. The van der Waals surface area contributed by atoms with Crippen LogP contribution in [0.15, 0.2) is 24.3 Å². The van der Waals surface area contributed by atoms with Crippen molar-refractivity contribution in [1.29, 1.82) is 0 Å². The Labute approximate surface area is 109 Å². The first kappa shape index (κ1) is 12.9. The first-order valence-electron chi connectivity index (χ1n) is 6.77. The molecule has 3 heteroatoms. The Kier molecular flexibility index (Phi) is 3.90. The molecule has 1 aliphatic rings. The number of amides is 1. The monoisotopic (exact) mass is 246 g/mol. The minimum Gasteiger partial charge on any atom is -0.382 e. The lowest BCUT2D eigenvalue weighted by Gasteiger charge is -2.31. The van der Waals surface area contributed by atoms with Crippen molar-refractivity contribution in [3.05, 3.63) is 29.8 Å². The van der Waals surface area contributed by atoms with E-state index in [1.807, 2.05) is 19.1 Å². The topological polar surface area (TPSA) is 41.1 Å². The summed E-state index contributed by atoms with van der Waals surface area (Å²) in [4.78, 5) is 12.3. The Balaban J connectivity index is 2.20. The molecule has 0 aromatic heterocycles. The molecule has 0 fully saturated rings. The molecule has 1 aliphatic heterocycles. The zero-order valence-corrected chi connectivity index (χ0v) is 11.4. The van der Waals surface area contributed by atoms with E-state index in [1.165, 1.54) is 0 Å². The molecule has 0 bridgehead atoms. The molecule has 1 amide bonds. The Hall–Kier alpha value is -1.51. The van der Waals surface area contributed by atoms with Crippen LogP contribution >= 0.6 is 0 Å². The average Bonchev–Trinajstić information content (AvgIpc) is 2.37. The second-order valence-electron chi connectivity index (χ2n) is 5.24. The number of para-hydroxylation sites is 1. The Morgan fingerprint density at radius 3 is 2.94 bits per heavy atom. The van der Waals surface area contributed by atoms with Crippen LogP contribution in [0.4, 0.5) is 5.69 Å². The van der Waals surface area contributed by atoms with Gasteiger partial charge in [-0.15, -0.1) is 0 Å². The van der Waals surface area contributed by atoms with Gasteiger partial charge in [0, 0.05) is 17.8 Å². The van der Waals surface area contributed by atoms with Gasteiger partial charge in [0.1, 0.15) is 0 Å². The molecule has 1 heterocycles. The van der Waals surface area contributed by atoms with Gasteiger partial charge in [-0.25, -0.2) is 0 Å². The quantitative estimate of drug-likeness (QED) is 0.861. The number of anilines is 1. The van der Waals surface area contributed by atoms with Gasteiger partial charge in [0.25, 0.3) is 0 Å². The molecule has 0 spiro atoms. The van der Waals surface area contributed by atoms with Gasteiger partial charge in [0.05, 0.1) is 5.92 Å². The lowest BCUT2D eigenvalue weighted by atomic mass is 9.86. The minimum absolute atomic E-state index is 0.0218. The highest BCUT2D eigenvalue weighted by Crippen LogP contribution is 2.34. The van der Waals surface area contributed by atoms with E-state index < -0.39 is 0 Å². The van der Waals surface area contributed by atoms with Crippen LogP contribution in [-0.4, -0.2) is 18.0 Å². The molecule has 3 atom stereocenters. The maximum absolute atomic E-state index is 12.3. The van der Waals surface area contributed by atoms with Gasteiger partial charge in [-0.3, -0.25) is 4.79 Å². The van der Waals surface area contributed by atoms with Crippen LogP contribution in [0.3, 0.4) is 0 Å². The number of rotatable bonds is 3. The normalized spacial score (nSPS) is 23.7. The van der Waals surface area contributed by atoms with Crippen molar-refractivity contribution < 1.29 is 4.79 Å². The molecule has 1 aromatic carbocycles. The molecule has 98 valence electrons. The van der Waals surface area contributed by atoms with Crippen LogP contribution < -0.4 is 10.6 Å². The fourth-order valence-electron chi connectivity index (χ4n) is 2.43. The van der Waals surface area contributed by atoms with Crippen molar-refractivity contribution in [1.82, 2.24) is 5.32 Å². The first-order valence-corrected chi connectivity index (χ1v) is 6.77. The van der Waals surface area contributed by atoms with Crippen LogP contribution in [0.25, 0.3) is 0 Å². The standard InChI is InChI=1S/C15H22N2O/c1-4-10(2)17-15(18)13-9-11(3)16-14-8-6-5-7-12(13)14/h5-8,10-11,13,16H,4,9H2,1-3H3,(H,17,18)/t10-,11-,13-/m0/s1. The molecule has 0 saturated heterocycles. The molecule has 0 radical (unpaired) electrons. The van der Waals surface area contributed by atoms with Crippen molar-refractivity contribution in [3.8, 4) is 0 Å². The van der Waals surface area contributed by atoms with E-state index in [0.29, 0.717) is 6.04 Å². The third-order valence-corrected chi connectivity index (χ3v) is 3.64. The summed E-state index contributed by atoms with van der Waals surface area (Å²) < 4.78 is 0. The summed E-state index contributed by atoms with van der Waals surface area (Å²) in [6.07, 6.45) is 1.83. The Bertz CT molecular complexity index is 430. The first-order chi connectivity index (χ1) is 8.61. The zero-order valence-electron chi connectivity index (χ0n) is 11.4. The molecule has 18 heavy (non-hydrogen) atoms. The van der Waals surface area contributed by atoms with Gasteiger partial charge in [-0.05, 0) is 38.3 Å². The van der Waals surface area contributed by atoms with E-state index in [4.69, 9.17) is 0 Å². The van der Waals surface area contributed by atoms with Gasteiger partial charge in [-0.1, -0.05) is 25.1 Å². The van der Waals surface area contributed by atoms with E-state index in [2.05, 4.69) is 36.6 Å². The lowest BCUT2D eigenvalue weighted by molar-refractivity contribution is -0.123. The van der Waals surface area contributed by atoms with Crippen molar-refractivity contribution in [2.45, 2.75) is 51.6 Å². The minimum atomic E-state index is -0.0218. The zero-order chi connectivity index (χ0) is 13.1. The van der Waals surface area contributed by atoms with Crippen molar-refractivity contribution >= 4 is 11.6 Å². The maximum Gasteiger partial charge on any atom is 0.227 e. The number of hydrogen-bond donors (Lipinski definition) is 2. The van der Waals surface area contributed by atoms with Gasteiger partial charge in [-0.2, -0.15) is 0 Å². The van der Waals surface area contributed by atoms with Crippen LogP contribution in [0.5, 0.6) is 0 Å². The van der Waals surface area contributed by atoms with Crippen LogP contribution in [-0.2, 0) is 4.79 Å². The number of fused-ring (bicyclic) bond motifs is 1. The summed E-state index contributed by atoms with van der Waals surface area (Å²) in [5.41, 5.74) is 2.22. The largest absolute Gasteiger partial charge is 0.382 e. The molecule has 0 unspecified atom stereocenters. The predicted molar refractivity (Wildman–Crippen MR) is 74.8 cm³/mol. The molecule has 0 aliphatic carbocycles. The van der Waals surface area contributed by atoms with E-state index in [-0.39, 0.29) is 17.9 Å². The number of carbonyl (C=O) groups excluding carboxylic acids is 1. The fourth-order valence-corrected chi connectivity index (χ4v) is 2.43. The summed E-state index contributed by atoms with van der Waals surface area (Å²) in [6, 6.07) is 8.69. The van der Waals surface area contributed by atoms with Gasteiger partial charge in [0.2, 0.25) is 5.91 Å². The molecular formula is C15H22N2O. The molecule has 2 rings (SSSR count).